The van der Waals surface area contributed by atoms with Crippen molar-refractivity contribution in [3.8, 4) is 0 Å². The monoisotopic (exact) mass is 355 g/mol. The zero-order chi connectivity index (χ0) is 14.6. The average Bonchev–Trinajstić information content (AvgIpc) is 2.42. The number of hydrogen-bond donors (Lipinski definition) is 2. The molecule has 7 heteroatoms. The maximum atomic E-state index is 12.2. The average molecular weight is 356 g/mol. The third kappa shape index (κ3) is 3.78. The van der Waals surface area contributed by atoms with E-state index in [0.29, 0.717) is 12.2 Å². The van der Waals surface area contributed by atoms with Crippen molar-refractivity contribution < 1.29 is 8.42 Å². The van der Waals surface area contributed by atoms with Gasteiger partial charge in [0.05, 0.1) is 0 Å². The fourth-order valence-electron chi connectivity index (χ4n) is 1.60. The molecule has 0 unspecified atom stereocenters. The summed E-state index contributed by atoms with van der Waals surface area (Å²) in [7, 11) is -1.84. The van der Waals surface area contributed by atoms with Crippen molar-refractivity contribution in [3.05, 3.63) is 52.6 Å². The van der Waals surface area contributed by atoms with Crippen molar-refractivity contribution in [2.75, 3.05) is 11.8 Å². The van der Waals surface area contributed by atoms with Gasteiger partial charge in [0, 0.05) is 22.9 Å². The summed E-state index contributed by atoms with van der Waals surface area (Å²) in [6.07, 6.45) is 1.55. The van der Waals surface area contributed by atoms with E-state index in [9.17, 15) is 8.42 Å². The molecule has 0 saturated heterocycles. The van der Waals surface area contributed by atoms with Gasteiger partial charge in [-0.15, -0.1) is 0 Å². The summed E-state index contributed by atoms with van der Waals surface area (Å²) in [5.74, 6) is 0. The smallest absolute Gasteiger partial charge is 0.279 e. The molecule has 5 nitrogen and oxygen atoms in total. The number of aromatic nitrogens is 1. The molecule has 0 amide bonds. The molecule has 0 bridgehead atoms. The first-order valence-corrected chi connectivity index (χ1v) is 8.17. The van der Waals surface area contributed by atoms with E-state index in [1.54, 1.807) is 36.5 Å². The number of anilines is 1. The number of nitrogens with one attached hydrogen (secondary N) is 2. The van der Waals surface area contributed by atoms with Gasteiger partial charge in [-0.1, -0.05) is 22.0 Å². The van der Waals surface area contributed by atoms with Gasteiger partial charge >= 0.3 is 0 Å². The highest BCUT2D eigenvalue weighted by molar-refractivity contribution is 9.10. The summed E-state index contributed by atoms with van der Waals surface area (Å²) in [5.41, 5.74) is 1.42. The van der Waals surface area contributed by atoms with Crippen LogP contribution in [0.15, 0.2) is 52.1 Å². The van der Waals surface area contributed by atoms with Crippen molar-refractivity contribution in [1.82, 2.24) is 10.3 Å². The van der Waals surface area contributed by atoms with Crippen LogP contribution in [-0.4, -0.2) is 20.4 Å². The molecule has 0 aliphatic heterocycles. The summed E-state index contributed by atoms with van der Waals surface area (Å²) < 4.78 is 27.7. The van der Waals surface area contributed by atoms with Gasteiger partial charge in [0.2, 0.25) is 0 Å². The first-order chi connectivity index (χ1) is 9.51. The summed E-state index contributed by atoms with van der Waals surface area (Å²) in [6, 6.07) is 10.1. The van der Waals surface area contributed by atoms with Gasteiger partial charge in [-0.2, -0.15) is 8.42 Å². The summed E-state index contributed by atoms with van der Waals surface area (Å²) in [4.78, 5) is 3.98. The number of benzene rings is 1. The quantitative estimate of drug-likeness (QED) is 0.863. The van der Waals surface area contributed by atoms with Gasteiger partial charge in [-0.25, -0.2) is 4.98 Å². The third-order valence-corrected chi connectivity index (χ3v) is 4.38. The Bertz CT molecular complexity index is 670. The number of pyridine rings is 1. The molecule has 2 N–H and O–H groups in total. The van der Waals surface area contributed by atoms with Crippen LogP contribution in [0, 0.1) is 0 Å². The Morgan fingerprint density at radius 1 is 1.15 bits per heavy atom. The lowest BCUT2D eigenvalue weighted by Gasteiger charge is -2.08. The third-order valence-electron chi connectivity index (χ3n) is 2.55. The highest BCUT2D eigenvalue weighted by Gasteiger charge is 2.15. The van der Waals surface area contributed by atoms with Crippen molar-refractivity contribution in [2.24, 2.45) is 0 Å². The lowest BCUT2D eigenvalue weighted by atomic mass is 10.3. The second-order valence-corrected chi connectivity index (χ2v) is 6.69. The standard InChI is InChI=1S/C13H14BrN3O2S/c1-15-8-10-2-7-13(16-9-10)20(18,19)17-12-5-3-11(14)4-6-12/h2-7,9,15,17H,8H2,1H3. The van der Waals surface area contributed by atoms with E-state index in [-0.39, 0.29) is 5.03 Å². The van der Waals surface area contributed by atoms with Crippen LogP contribution >= 0.6 is 15.9 Å². The predicted octanol–water partition coefficient (Wildman–Crippen LogP) is 2.36. The Morgan fingerprint density at radius 3 is 2.40 bits per heavy atom. The van der Waals surface area contributed by atoms with Gasteiger partial charge in [0.15, 0.2) is 5.03 Å². The van der Waals surface area contributed by atoms with Crippen LogP contribution in [0.4, 0.5) is 5.69 Å². The minimum atomic E-state index is -3.65. The van der Waals surface area contributed by atoms with E-state index in [1.807, 2.05) is 7.05 Å². The number of sulfonamides is 1. The maximum absolute atomic E-state index is 12.2. The molecule has 0 aliphatic carbocycles. The second kappa shape index (κ2) is 6.34. The highest BCUT2D eigenvalue weighted by atomic mass is 79.9. The van der Waals surface area contributed by atoms with Crippen molar-refractivity contribution in [2.45, 2.75) is 11.6 Å². The van der Waals surface area contributed by atoms with E-state index < -0.39 is 10.0 Å². The second-order valence-electron chi connectivity index (χ2n) is 4.15. The molecule has 1 heterocycles. The normalized spacial score (nSPS) is 11.3. The molecule has 0 radical (unpaired) electrons. The van der Waals surface area contributed by atoms with Crippen LogP contribution < -0.4 is 10.0 Å². The van der Waals surface area contributed by atoms with Crippen LogP contribution in [0.1, 0.15) is 5.56 Å². The van der Waals surface area contributed by atoms with Gasteiger partial charge in [-0.3, -0.25) is 4.72 Å². The summed E-state index contributed by atoms with van der Waals surface area (Å²) in [5, 5.41) is 2.98. The van der Waals surface area contributed by atoms with E-state index in [1.165, 1.54) is 6.07 Å². The molecule has 1 aromatic carbocycles. The first-order valence-electron chi connectivity index (χ1n) is 5.89. The van der Waals surface area contributed by atoms with Crippen LogP contribution in [0.25, 0.3) is 0 Å². The fourth-order valence-corrected chi connectivity index (χ4v) is 2.86. The van der Waals surface area contributed by atoms with E-state index in [0.717, 1.165) is 10.0 Å². The van der Waals surface area contributed by atoms with Crippen LogP contribution in [-0.2, 0) is 16.6 Å². The molecule has 1 aromatic heterocycles. The van der Waals surface area contributed by atoms with Crippen LogP contribution in [0.5, 0.6) is 0 Å². The van der Waals surface area contributed by atoms with Crippen LogP contribution in [0.3, 0.4) is 0 Å². The minimum absolute atomic E-state index is 0.000252. The maximum Gasteiger partial charge on any atom is 0.279 e. The highest BCUT2D eigenvalue weighted by Crippen LogP contribution is 2.17. The lowest BCUT2D eigenvalue weighted by Crippen LogP contribution is -2.15. The van der Waals surface area contributed by atoms with Crippen LogP contribution in [0.2, 0.25) is 0 Å². The van der Waals surface area contributed by atoms with Gasteiger partial charge < -0.3 is 5.32 Å². The molecule has 0 fully saturated rings. The van der Waals surface area contributed by atoms with Crippen molar-refractivity contribution >= 4 is 31.6 Å². The first kappa shape index (κ1) is 15.0. The van der Waals surface area contributed by atoms with E-state index in [2.05, 4.69) is 31.0 Å². The van der Waals surface area contributed by atoms with E-state index >= 15 is 0 Å². The molecular weight excluding hydrogens is 342 g/mol. The number of nitrogens with zero attached hydrogens (tertiary/aromatic N) is 1. The molecule has 106 valence electrons. The molecule has 0 spiro atoms. The Labute approximate surface area is 126 Å². The minimum Gasteiger partial charge on any atom is -0.316 e. The lowest BCUT2D eigenvalue weighted by molar-refractivity contribution is 0.597. The fraction of sp³-hybridized carbons (Fsp3) is 0.154. The predicted molar refractivity (Wildman–Crippen MR) is 82.0 cm³/mol. The zero-order valence-corrected chi connectivity index (χ0v) is 13.2. The Hall–Kier alpha value is -1.44. The zero-order valence-electron chi connectivity index (χ0n) is 10.8. The molecule has 0 atom stereocenters. The molecule has 2 aromatic rings. The Morgan fingerprint density at radius 2 is 1.85 bits per heavy atom. The SMILES string of the molecule is CNCc1ccc(S(=O)(=O)Nc2ccc(Br)cc2)nc1. The van der Waals surface area contributed by atoms with Crippen molar-refractivity contribution in [1.29, 1.82) is 0 Å². The number of rotatable bonds is 5. The van der Waals surface area contributed by atoms with E-state index in [4.69, 9.17) is 0 Å². The largest absolute Gasteiger partial charge is 0.316 e. The van der Waals surface area contributed by atoms with Gasteiger partial charge in [0.25, 0.3) is 10.0 Å². The molecule has 2 rings (SSSR count). The van der Waals surface area contributed by atoms with Gasteiger partial charge in [0.1, 0.15) is 0 Å². The Balaban J connectivity index is 2.19. The van der Waals surface area contributed by atoms with Gasteiger partial charge in [-0.05, 0) is 42.9 Å². The number of halogens is 1. The summed E-state index contributed by atoms with van der Waals surface area (Å²) in [6.45, 7) is 0.646. The summed E-state index contributed by atoms with van der Waals surface area (Å²) >= 11 is 3.30. The molecule has 0 aliphatic rings. The molecular formula is C13H14BrN3O2S. The number of hydrogen-bond acceptors (Lipinski definition) is 4. The van der Waals surface area contributed by atoms with Crippen molar-refractivity contribution in [3.63, 3.8) is 0 Å². The molecule has 0 saturated carbocycles. The Kier molecular flexibility index (Phi) is 4.74. The molecule has 20 heavy (non-hydrogen) atoms. The topological polar surface area (TPSA) is 71.1 Å².